The van der Waals surface area contributed by atoms with Gasteiger partial charge in [-0.15, -0.1) is 9.82 Å². The van der Waals surface area contributed by atoms with Gasteiger partial charge >= 0.3 is 0 Å². The molecule has 2 heterocycles. The molecule has 160 valence electrons. The molecule has 0 bridgehead atoms. The molecule has 1 fully saturated rings. The molecule has 3 rings (SSSR count). The fourth-order valence-corrected chi connectivity index (χ4v) is 5.41. The van der Waals surface area contributed by atoms with Crippen molar-refractivity contribution in [2.24, 2.45) is 22.5 Å². The predicted molar refractivity (Wildman–Crippen MR) is 116 cm³/mol. The van der Waals surface area contributed by atoms with E-state index < -0.39 is 11.4 Å². The maximum atomic E-state index is 12.8. The second kappa shape index (κ2) is 10.6. The molecule has 0 radical (unpaired) electrons. The van der Waals surface area contributed by atoms with Crippen molar-refractivity contribution in [3.63, 3.8) is 0 Å². The van der Waals surface area contributed by atoms with Gasteiger partial charge < -0.3 is 20.9 Å². The number of benzene rings is 1. The Bertz CT molecular complexity index is 767. The summed E-state index contributed by atoms with van der Waals surface area (Å²) in [6.07, 6.45) is 2.78. The van der Waals surface area contributed by atoms with Crippen LogP contribution in [0.2, 0.25) is 0 Å². The van der Waals surface area contributed by atoms with Crippen molar-refractivity contribution < 1.29 is 4.55 Å². The molecule has 1 aromatic carbocycles. The zero-order valence-corrected chi connectivity index (χ0v) is 18.1. The smallest absolute Gasteiger partial charge is 0.189 e. The Labute approximate surface area is 178 Å². The van der Waals surface area contributed by atoms with Crippen LogP contribution in [0, 0.1) is 5.92 Å². The van der Waals surface area contributed by atoms with E-state index in [1.807, 2.05) is 12.1 Å². The van der Waals surface area contributed by atoms with Crippen molar-refractivity contribution in [2.75, 3.05) is 31.1 Å². The number of aromatic nitrogens is 4. The first-order valence-electron chi connectivity index (χ1n) is 9.70. The number of tetrazole rings is 1. The highest BCUT2D eigenvalue weighted by atomic mass is 32.2. The van der Waals surface area contributed by atoms with Gasteiger partial charge in [0.15, 0.2) is 10.7 Å². The molecule has 2 unspecified atom stereocenters. The molecule has 2 atom stereocenters. The molecule has 1 aliphatic heterocycles. The topological polar surface area (TPSA) is 171 Å². The molecule has 10 nitrogen and oxygen atoms in total. The van der Waals surface area contributed by atoms with Gasteiger partial charge in [0.05, 0.1) is 21.8 Å². The van der Waals surface area contributed by atoms with E-state index in [0.29, 0.717) is 34.6 Å². The number of piperidine rings is 1. The summed E-state index contributed by atoms with van der Waals surface area (Å²) in [5, 5.41) is 20.4. The number of nitrogens with two attached hydrogens (primary N) is 3. The third-order valence-corrected chi connectivity index (χ3v) is 7.23. The van der Waals surface area contributed by atoms with Gasteiger partial charge in [0.2, 0.25) is 0 Å². The molecular formula is C17H29N9OS2. The Balaban J connectivity index is 1.95. The van der Waals surface area contributed by atoms with Crippen LogP contribution in [0.15, 0.2) is 21.9 Å². The van der Waals surface area contributed by atoms with Crippen molar-refractivity contribution in [2.45, 2.75) is 42.0 Å². The zero-order valence-electron chi connectivity index (χ0n) is 16.5. The van der Waals surface area contributed by atoms with Crippen LogP contribution in [-0.2, 0) is 11.4 Å². The molecular weight excluding hydrogens is 410 g/mol. The number of hydrogen-bond acceptors (Lipinski definition) is 10. The number of nitrogens with zero attached hydrogens (tertiary/aromatic N) is 4. The summed E-state index contributed by atoms with van der Waals surface area (Å²) in [6, 6.07) is 4.03. The molecule has 1 saturated heterocycles. The molecule has 0 spiro atoms. The van der Waals surface area contributed by atoms with E-state index in [-0.39, 0.29) is 6.04 Å². The maximum absolute atomic E-state index is 12.8. The summed E-state index contributed by atoms with van der Waals surface area (Å²) in [6.45, 7) is 4.92. The first kappa shape index (κ1) is 22.3. The monoisotopic (exact) mass is 439 g/mol. The van der Waals surface area contributed by atoms with Crippen LogP contribution in [0.25, 0.3) is 11.4 Å². The van der Waals surface area contributed by atoms with Crippen molar-refractivity contribution in [3.05, 3.63) is 12.1 Å². The summed E-state index contributed by atoms with van der Waals surface area (Å²) in [4.78, 5) is 3.59. The molecule has 0 aliphatic carbocycles. The van der Waals surface area contributed by atoms with E-state index in [1.165, 1.54) is 0 Å². The highest BCUT2D eigenvalue weighted by Gasteiger charge is 2.29. The van der Waals surface area contributed by atoms with Gasteiger partial charge in [-0.05, 0) is 73.2 Å². The van der Waals surface area contributed by atoms with Gasteiger partial charge in [-0.1, -0.05) is 0 Å². The lowest BCUT2D eigenvalue weighted by molar-refractivity contribution is 0.354. The van der Waals surface area contributed by atoms with Gasteiger partial charge in [0, 0.05) is 31.4 Å². The highest BCUT2D eigenvalue weighted by Crippen LogP contribution is 2.41. The van der Waals surface area contributed by atoms with Gasteiger partial charge in [-0.3, -0.25) is 5.14 Å². The minimum Gasteiger partial charge on any atom is -0.593 e. The maximum Gasteiger partial charge on any atom is 0.189 e. The lowest BCUT2D eigenvalue weighted by Crippen LogP contribution is -2.40. The van der Waals surface area contributed by atoms with Gasteiger partial charge in [0.25, 0.3) is 0 Å². The van der Waals surface area contributed by atoms with E-state index in [2.05, 4.69) is 37.2 Å². The predicted octanol–water partition coefficient (Wildman–Crippen LogP) is 0.357. The third-order valence-electron chi connectivity index (χ3n) is 5.24. The molecule has 1 aromatic heterocycles. The number of nitrogens with one attached hydrogen (secondary N) is 2. The fraction of sp³-hybridized carbons (Fsp3) is 0.588. The minimum absolute atomic E-state index is 0.189. The number of aromatic amines is 1. The van der Waals surface area contributed by atoms with Crippen LogP contribution < -0.4 is 26.2 Å². The quantitative estimate of drug-likeness (QED) is 0.209. The largest absolute Gasteiger partial charge is 0.593 e. The van der Waals surface area contributed by atoms with Crippen LogP contribution >= 0.6 is 11.9 Å². The molecule has 2 aromatic rings. The van der Waals surface area contributed by atoms with Gasteiger partial charge in [0.1, 0.15) is 0 Å². The normalized spacial score (nSPS) is 17.5. The second-order valence-electron chi connectivity index (χ2n) is 7.14. The lowest BCUT2D eigenvalue weighted by atomic mass is 9.90. The number of H-pyrrole nitrogens is 1. The Morgan fingerprint density at radius 2 is 2.17 bits per heavy atom. The summed E-state index contributed by atoms with van der Waals surface area (Å²) < 4.78 is 15.8. The Morgan fingerprint density at radius 1 is 1.41 bits per heavy atom. The first-order valence-corrected chi connectivity index (χ1v) is 11.7. The first-order chi connectivity index (χ1) is 14.1. The summed E-state index contributed by atoms with van der Waals surface area (Å²) >= 11 is -0.366. The van der Waals surface area contributed by atoms with E-state index in [4.69, 9.17) is 16.6 Å². The van der Waals surface area contributed by atoms with Gasteiger partial charge in [-0.2, -0.15) is 0 Å². The average molecular weight is 440 g/mol. The number of rotatable bonds is 9. The van der Waals surface area contributed by atoms with Crippen LogP contribution in [-0.4, -0.2) is 57.4 Å². The van der Waals surface area contributed by atoms with Crippen molar-refractivity contribution >= 4 is 29.0 Å². The Morgan fingerprint density at radius 3 is 2.76 bits per heavy atom. The standard InChI is InChI=1S/C17H29N9OS2/c1-11(19)12-5-9-26(10-6-12)13-3-4-14(29(27)21-8-2-7-18)16(28-20)15(13)17-22-24-25-23-17/h3-4,11-12,21H,2,5-10,18-20H2,1H3,(H,22,23,24,25). The van der Waals surface area contributed by atoms with E-state index in [1.54, 1.807) is 0 Å². The molecule has 29 heavy (non-hydrogen) atoms. The number of hydrogen-bond donors (Lipinski definition) is 5. The highest BCUT2D eigenvalue weighted by molar-refractivity contribution is 7.98. The Kier molecular flexibility index (Phi) is 8.12. The van der Waals surface area contributed by atoms with Crippen molar-refractivity contribution in [1.29, 1.82) is 0 Å². The summed E-state index contributed by atoms with van der Waals surface area (Å²) in [5.41, 5.74) is 13.4. The fourth-order valence-electron chi connectivity index (χ4n) is 3.58. The van der Waals surface area contributed by atoms with Crippen molar-refractivity contribution in [3.8, 4) is 11.4 Å². The molecule has 12 heteroatoms. The van der Waals surface area contributed by atoms with Crippen molar-refractivity contribution in [1.82, 2.24) is 25.3 Å². The molecule has 8 N–H and O–H groups in total. The van der Waals surface area contributed by atoms with E-state index in [0.717, 1.165) is 55.6 Å². The summed E-state index contributed by atoms with van der Waals surface area (Å²) in [7, 11) is 0. The zero-order chi connectivity index (χ0) is 20.8. The van der Waals surface area contributed by atoms with Gasteiger partial charge in [-0.25, -0.2) is 5.10 Å². The third kappa shape index (κ3) is 5.20. The van der Waals surface area contributed by atoms with Crippen LogP contribution in [0.1, 0.15) is 26.2 Å². The number of anilines is 1. The van der Waals surface area contributed by atoms with E-state index in [9.17, 15) is 4.55 Å². The SMILES string of the molecule is CC(N)C1CCN(c2ccc([S+]([O-])NCCCN)c(SN)c2-c2nnn[nH]2)CC1. The second-order valence-corrected chi connectivity index (χ2v) is 9.05. The van der Waals surface area contributed by atoms with E-state index >= 15 is 0 Å². The molecule has 0 amide bonds. The molecule has 1 aliphatic rings. The van der Waals surface area contributed by atoms with Crippen LogP contribution in [0.5, 0.6) is 0 Å². The van der Waals surface area contributed by atoms with Crippen LogP contribution in [0.4, 0.5) is 5.69 Å². The Hall–Kier alpha value is -1.41. The minimum atomic E-state index is -1.42. The average Bonchev–Trinajstić information content (AvgIpc) is 3.27. The van der Waals surface area contributed by atoms with Crippen LogP contribution in [0.3, 0.4) is 0 Å². The summed E-state index contributed by atoms with van der Waals surface area (Å²) in [5.74, 6) is 1.02. The lowest BCUT2D eigenvalue weighted by Gasteiger charge is -2.36. The molecule has 0 saturated carbocycles.